The quantitative estimate of drug-likeness (QED) is 0.854. The van der Waals surface area contributed by atoms with Crippen molar-refractivity contribution < 1.29 is 32.5 Å². The number of carboxylic acids is 1. The number of halogens is 3. The summed E-state index contributed by atoms with van der Waals surface area (Å²) in [5.41, 5.74) is -2.13. The molecule has 0 saturated heterocycles. The Hall–Kier alpha value is -2.70. The molecule has 2 aromatic carbocycles. The Morgan fingerprint density at radius 3 is 1.71 bits per heavy atom. The molecule has 0 aliphatic carbocycles. The molecule has 0 radical (unpaired) electrons. The monoisotopic (exact) mass is 340 g/mol. The molecule has 0 heterocycles. The third-order valence-electron chi connectivity index (χ3n) is 3.13. The zero-order valence-corrected chi connectivity index (χ0v) is 12.9. The van der Waals surface area contributed by atoms with Crippen LogP contribution < -0.4 is 9.47 Å². The van der Waals surface area contributed by atoms with E-state index >= 15 is 0 Å². The normalized spacial score (nSPS) is 11.9. The van der Waals surface area contributed by atoms with Crippen LogP contribution in [0.5, 0.6) is 17.2 Å². The predicted octanol–water partition coefficient (Wildman–Crippen LogP) is 4.74. The number of aliphatic carboxylic acids is 1. The van der Waals surface area contributed by atoms with Crippen molar-refractivity contribution in [2.24, 2.45) is 0 Å². The molecular formula is C17H15F3O4. The molecule has 0 fully saturated rings. The number of hydrogen-bond acceptors (Lipinski definition) is 3. The Morgan fingerprint density at radius 2 is 1.29 bits per heavy atom. The first-order chi connectivity index (χ1) is 11.1. The number of carbonyl (C=O) groups is 1. The van der Waals surface area contributed by atoms with Gasteiger partial charge in [-0.25, -0.2) is 4.79 Å². The summed E-state index contributed by atoms with van der Waals surface area (Å²) < 4.78 is 48.2. The Bertz CT molecular complexity index is 704. The maximum absolute atomic E-state index is 12.5. The van der Waals surface area contributed by atoms with Crippen molar-refractivity contribution in [3.8, 4) is 17.2 Å². The number of alkyl halides is 3. The molecule has 2 rings (SSSR count). The maximum Gasteiger partial charge on any atom is 0.416 e. The second-order valence-electron chi connectivity index (χ2n) is 5.51. The lowest BCUT2D eigenvalue weighted by Gasteiger charge is -2.21. The molecule has 0 amide bonds. The predicted molar refractivity (Wildman–Crippen MR) is 80.3 cm³/mol. The van der Waals surface area contributed by atoms with Crippen molar-refractivity contribution in [1.29, 1.82) is 0 Å². The van der Waals surface area contributed by atoms with E-state index in [4.69, 9.17) is 14.6 Å². The second kappa shape index (κ2) is 6.43. The van der Waals surface area contributed by atoms with Gasteiger partial charge in [-0.05, 0) is 62.4 Å². The van der Waals surface area contributed by atoms with E-state index in [-0.39, 0.29) is 5.75 Å². The molecule has 0 aliphatic heterocycles. The summed E-state index contributed by atoms with van der Waals surface area (Å²) in [6, 6.07) is 10.4. The van der Waals surface area contributed by atoms with E-state index in [0.29, 0.717) is 11.5 Å². The van der Waals surface area contributed by atoms with Gasteiger partial charge in [0, 0.05) is 0 Å². The van der Waals surface area contributed by atoms with Gasteiger partial charge in [0.1, 0.15) is 17.2 Å². The first-order valence-electron chi connectivity index (χ1n) is 6.95. The molecule has 0 aliphatic rings. The van der Waals surface area contributed by atoms with E-state index in [1.165, 1.54) is 50.2 Å². The zero-order valence-electron chi connectivity index (χ0n) is 12.9. The fourth-order valence-electron chi connectivity index (χ4n) is 1.76. The molecule has 0 saturated carbocycles. The van der Waals surface area contributed by atoms with Crippen LogP contribution in [0.25, 0.3) is 0 Å². The van der Waals surface area contributed by atoms with Gasteiger partial charge in [-0.3, -0.25) is 0 Å². The van der Waals surface area contributed by atoms with Crippen molar-refractivity contribution in [3.05, 3.63) is 54.1 Å². The highest BCUT2D eigenvalue weighted by Crippen LogP contribution is 2.31. The van der Waals surface area contributed by atoms with E-state index in [1.54, 1.807) is 0 Å². The Kier molecular flexibility index (Phi) is 4.73. The third-order valence-corrected chi connectivity index (χ3v) is 3.13. The van der Waals surface area contributed by atoms with E-state index in [1.807, 2.05) is 0 Å². The molecule has 0 aromatic heterocycles. The fraction of sp³-hybridized carbons (Fsp3) is 0.235. The van der Waals surface area contributed by atoms with Crippen LogP contribution in [-0.4, -0.2) is 16.7 Å². The number of hydrogen-bond donors (Lipinski definition) is 1. The number of rotatable bonds is 5. The molecule has 0 atom stereocenters. The van der Waals surface area contributed by atoms with Gasteiger partial charge in [0.2, 0.25) is 0 Å². The Labute approximate surface area is 136 Å². The van der Waals surface area contributed by atoms with Crippen molar-refractivity contribution in [3.63, 3.8) is 0 Å². The largest absolute Gasteiger partial charge is 0.478 e. The molecular weight excluding hydrogens is 325 g/mol. The van der Waals surface area contributed by atoms with Gasteiger partial charge < -0.3 is 14.6 Å². The molecule has 4 nitrogen and oxygen atoms in total. The number of ether oxygens (including phenoxy) is 2. The first kappa shape index (κ1) is 17.7. The van der Waals surface area contributed by atoms with Gasteiger partial charge in [0.05, 0.1) is 5.56 Å². The van der Waals surface area contributed by atoms with E-state index in [0.717, 1.165) is 12.1 Å². The minimum atomic E-state index is -4.39. The zero-order chi connectivity index (χ0) is 18.0. The van der Waals surface area contributed by atoms with Crippen molar-refractivity contribution in [2.75, 3.05) is 0 Å². The van der Waals surface area contributed by atoms with Crippen molar-refractivity contribution in [2.45, 2.75) is 25.6 Å². The van der Waals surface area contributed by atoms with Crippen molar-refractivity contribution >= 4 is 5.97 Å². The Balaban J connectivity index is 2.05. The molecule has 24 heavy (non-hydrogen) atoms. The molecule has 0 unspecified atom stereocenters. The van der Waals surface area contributed by atoms with Crippen LogP contribution in [0.3, 0.4) is 0 Å². The summed E-state index contributed by atoms with van der Waals surface area (Å²) in [5.74, 6) is -0.132. The minimum absolute atomic E-state index is 0.252. The Morgan fingerprint density at radius 1 is 0.875 bits per heavy atom. The van der Waals surface area contributed by atoms with E-state index < -0.39 is 23.3 Å². The molecule has 0 spiro atoms. The van der Waals surface area contributed by atoms with Gasteiger partial charge in [-0.2, -0.15) is 13.2 Å². The molecule has 2 aromatic rings. The molecule has 0 bridgehead atoms. The first-order valence-corrected chi connectivity index (χ1v) is 6.95. The topological polar surface area (TPSA) is 55.8 Å². The van der Waals surface area contributed by atoms with Crippen LogP contribution in [0.1, 0.15) is 19.4 Å². The number of benzene rings is 2. The van der Waals surface area contributed by atoms with Gasteiger partial charge in [-0.15, -0.1) is 0 Å². The number of carboxylic acid groups (broad SMARTS) is 1. The summed E-state index contributed by atoms with van der Waals surface area (Å²) in [6.07, 6.45) is -4.39. The van der Waals surface area contributed by atoms with E-state index in [9.17, 15) is 18.0 Å². The van der Waals surface area contributed by atoms with Crippen LogP contribution in [0.15, 0.2) is 48.5 Å². The highest BCUT2D eigenvalue weighted by molar-refractivity contribution is 5.76. The molecule has 1 N–H and O–H groups in total. The van der Waals surface area contributed by atoms with Crippen LogP contribution in [0, 0.1) is 0 Å². The highest BCUT2D eigenvalue weighted by Gasteiger charge is 2.30. The van der Waals surface area contributed by atoms with Gasteiger partial charge >= 0.3 is 12.1 Å². The smallest absolute Gasteiger partial charge is 0.416 e. The lowest BCUT2D eigenvalue weighted by atomic mass is 10.1. The van der Waals surface area contributed by atoms with Gasteiger partial charge in [-0.1, -0.05) is 0 Å². The third kappa shape index (κ3) is 4.41. The maximum atomic E-state index is 12.5. The van der Waals surface area contributed by atoms with Crippen LogP contribution in [0.4, 0.5) is 13.2 Å². The van der Waals surface area contributed by atoms with Gasteiger partial charge in [0.25, 0.3) is 0 Å². The lowest BCUT2D eigenvalue weighted by molar-refractivity contribution is -0.152. The highest BCUT2D eigenvalue weighted by atomic mass is 19.4. The SMILES string of the molecule is CC(C)(Oc1ccc(Oc2ccc(C(F)(F)F)cc2)cc1)C(=O)O. The van der Waals surface area contributed by atoms with Crippen LogP contribution in [0.2, 0.25) is 0 Å². The molecule has 7 heteroatoms. The van der Waals surface area contributed by atoms with Crippen LogP contribution in [-0.2, 0) is 11.0 Å². The molecule has 128 valence electrons. The summed E-state index contributed by atoms with van der Waals surface area (Å²) in [4.78, 5) is 11.0. The fourth-order valence-corrected chi connectivity index (χ4v) is 1.76. The van der Waals surface area contributed by atoms with Crippen LogP contribution >= 0.6 is 0 Å². The van der Waals surface area contributed by atoms with E-state index in [2.05, 4.69) is 0 Å². The van der Waals surface area contributed by atoms with Crippen molar-refractivity contribution in [1.82, 2.24) is 0 Å². The standard InChI is InChI=1S/C17H15F3O4/c1-16(2,15(21)22)24-14-9-7-13(8-10-14)23-12-5-3-11(4-6-12)17(18,19)20/h3-10H,1-2H3,(H,21,22). The summed E-state index contributed by atoms with van der Waals surface area (Å²) >= 11 is 0. The average Bonchev–Trinajstić information content (AvgIpc) is 2.48. The summed E-state index contributed by atoms with van der Waals surface area (Å²) in [7, 11) is 0. The lowest BCUT2D eigenvalue weighted by Crippen LogP contribution is -2.37. The summed E-state index contributed by atoms with van der Waals surface area (Å²) in [5, 5.41) is 9.00. The summed E-state index contributed by atoms with van der Waals surface area (Å²) in [6.45, 7) is 2.84. The second-order valence-corrected chi connectivity index (χ2v) is 5.51. The average molecular weight is 340 g/mol. The van der Waals surface area contributed by atoms with Gasteiger partial charge in [0.15, 0.2) is 5.60 Å². The minimum Gasteiger partial charge on any atom is -0.478 e.